The van der Waals surface area contributed by atoms with Crippen molar-refractivity contribution in [3.05, 3.63) is 11.6 Å². The third kappa shape index (κ3) is 10.8. The molecule has 2 heteroatoms. The molecule has 47 heavy (non-hydrogen) atoms. The van der Waals surface area contributed by atoms with Crippen LogP contribution in [0, 0.1) is 46.3 Å². The van der Waals surface area contributed by atoms with Crippen molar-refractivity contribution in [1.29, 1.82) is 0 Å². The van der Waals surface area contributed by atoms with Crippen LogP contribution in [0.5, 0.6) is 0 Å². The first kappa shape index (κ1) is 39.0. The maximum absolute atomic E-state index is 12.8. The normalized spacial score (nSPS) is 32.4. The van der Waals surface area contributed by atoms with Crippen molar-refractivity contribution in [2.24, 2.45) is 46.3 Å². The van der Waals surface area contributed by atoms with E-state index in [1.165, 1.54) is 148 Å². The molecule has 2 nitrogen and oxygen atoms in total. The van der Waals surface area contributed by atoms with Gasteiger partial charge in [0.05, 0.1) is 0 Å². The number of carbonyl (C=O) groups excluding carboxylic acids is 1. The van der Waals surface area contributed by atoms with Crippen LogP contribution in [-0.2, 0) is 9.53 Å². The standard InChI is InChI=1S/C45H80O2/c1-7-8-9-10-11-12-13-14-15-16-17-18-19-20-21-25-43(46)47-38-30-32-44(5)37(34-38)26-27-39-41-29-28-40(36(4)24-22-23-35(2)3)45(41,6)33-31-42(39)44/h26,35-36,38-42H,7-25,27-34H2,1-6H3/t36-,38+,39-,40-,41-,42-,44+,45-/m1/s1. The third-order valence-corrected chi connectivity index (χ3v) is 14.5. The summed E-state index contributed by atoms with van der Waals surface area (Å²) in [5.41, 5.74) is 2.54. The summed E-state index contributed by atoms with van der Waals surface area (Å²) in [4.78, 5) is 12.8. The SMILES string of the molecule is CCCCCCCCCCCCCCCCCC(=O)O[C@H]1CC[C@@]2(C)C(=CC[C@@H]3[C@H]4CC[C@H]([C@H](C)CCCC(C)C)[C@@]4(C)CC[C@H]32)C1. The number of ether oxygens (including phenoxy) is 1. The van der Waals surface area contributed by atoms with Gasteiger partial charge in [-0.1, -0.05) is 162 Å². The minimum Gasteiger partial charge on any atom is -0.462 e. The van der Waals surface area contributed by atoms with E-state index in [1.807, 2.05) is 0 Å². The van der Waals surface area contributed by atoms with Gasteiger partial charge >= 0.3 is 5.97 Å². The summed E-state index contributed by atoms with van der Waals surface area (Å²) in [6, 6.07) is 0. The fraction of sp³-hybridized carbons (Fsp3) is 0.933. The lowest BCUT2D eigenvalue weighted by Gasteiger charge is -2.58. The van der Waals surface area contributed by atoms with Gasteiger partial charge in [0, 0.05) is 12.8 Å². The summed E-state index contributed by atoms with van der Waals surface area (Å²) >= 11 is 0. The van der Waals surface area contributed by atoms with Crippen LogP contribution in [0.1, 0.15) is 215 Å². The molecule has 0 aromatic rings. The number of allylic oxidation sites excluding steroid dienone is 1. The van der Waals surface area contributed by atoms with Crippen LogP contribution in [0.4, 0.5) is 0 Å². The first-order valence-corrected chi connectivity index (χ1v) is 21.6. The summed E-state index contributed by atoms with van der Waals surface area (Å²) < 4.78 is 6.13. The van der Waals surface area contributed by atoms with E-state index in [-0.39, 0.29) is 12.1 Å². The molecule has 4 rings (SSSR count). The molecule has 0 saturated heterocycles. The van der Waals surface area contributed by atoms with Crippen molar-refractivity contribution >= 4 is 5.97 Å². The lowest BCUT2D eigenvalue weighted by atomic mass is 9.47. The number of carbonyl (C=O) groups is 1. The maximum Gasteiger partial charge on any atom is 0.306 e. The quantitative estimate of drug-likeness (QED) is 0.0661. The lowest BCUT2D eigenvalue weighted by molar-refractivity contribution is -0.151. The predicted molar refractivity (Wildman–Crippen MR) is 202 cm³/mol. The zero-order chi connectivity index (χ0) is 33.7. The van der Waals surface area contributed by atoms with Gasteiger partial charge in [0.2, 0.25) is 0 Å². The molecule has 0 aliphatic heterocycles. The molecule has 0 N–H and O–H groups in total. The molecular formula is C45H80O2. The number of fused-ring (bicyclic) bond motifs is 5. The summed E-state index contributed by atoms with van der Waals surface area (Å²) in [6.07, 6.45) is 38.4. The highest BCUT2D eigenvalue weighted by molar-refractivity contribution is 5.69. The summed E-state index contributed by atoms with van der Waals surface area (Å²) in [5.74, 6) is 5.34. The largest absolute Gasteiger partial charge is 0.462 e. The zero-order valence-corrected chi connectivity index (χ0v) is 32.5. The van der Waals surface area contributed by atoms with Crippen LogP contribution >= 0.6 is 0 Å². The second kappa shape index (κ2) is 19.6. The van der Waals surface area contributed by atoms with Crippen molar-refractivity contribution in [3.63, 3.8) is 0 Å². The first-order chi connectivity index (χ1) is 22.7. The topological polar surface area (TPSA) is 26.3 Å². The van der Waals surface area contributed by atoms with E-state index in [9.17, 15) is 4.79 Å². The van der Waals surface area contributed by atoms with E-state index < -0.39 is 0 Å². The first-order valence-electron chi connectivity index (χ1n) is 21.6. The van der Waals surface area contributed by atoms with Crippen LogP contribution in [-0.4, -0.2) is 12.1 Å². The van der Waals surface area contributed by atoms with E-state index in [0.29, 0.717) is 17.3 Å². The van der Waals surface area contributed by atoms with Gasteiger partial charge in [-0.25, -0.2) is 0 Å². The fourth-order valence-electron chi connectivity index (χ4n) is 11.6. The van der Waals surface area contributed by atoms with Gasteiger partial charge in [-0.15, -0.1) is 0 Å². The molecule has 3 fully saturated rings. The Morgan fingerprint density at radius 3 is 1.98 bits per heavy atom. The third-order valence-electron chi connectivity index (χ3n) is 14.5. The highest BCUT2D eigenvalue weighted by atomic mass is 16.5. The molecule has 0 heterocycles. The number of rotatable bonds is 22. The number of hydrogen-bond donors (Lipinski definition) is 0. The van der Waals surface area contributed by atoms with Crippen LogP contribution < -0.4 is 0 Å². The monoisotopic (exact) mass is 653 g/mol. The lowest BCUT2D eigenvalue weighted by Crippen LogP contribution is -2.51. The van der Waals surface area contributed by atoms with E-state index in [2.05, 4.69) is 47.6 Å². The number of hydrogen-bond acceptors (Lipinski definition) is 2. The molecule has 0 aromatic heterocycles. The van der Waals surface area contributed by atoms with Crippen molar-refractivity contribution in [3.8, 4) is 0 Å². The van der Waals surface area contributed by atoms with Gasteiger partial charge in [0.15, 0.2) is 0 Å². The predicted octanol–water partition coefficient (Wildman–Crippen LogP) is 14.2. The number of esters is 1. The van der Waals surface area contributed by atoms with E-state index >= 15 is 0 Å². The Morgan fingerprint density at radius 1 is 0.745 bits per heavy atom. The minimum absolute atomic E-state index is 0.0653. The minimum atomic E-state index is 0.0653. The Hall–Kier alpha value is -0.790. The molecule has 0 unspecified atom stereocenters. The van der Waals surface area contributed by atoms with E-state index in [0.717, 1.165) is 54.8 Å². The van der Waals surface area contributed by atoms with Gasteiger partial charge in [-0.05, 0) is 97.7 Å². The molecule has 0 aromatic carbocycles. The number of unbranched alkanes of at least 4 members (excludes halogenated alkanes) is 14. The molecule has 0 radical (unpaired) electrons. The van der Waals surface area contributed by atoms with Gasteiger partial charge in [-0.2, -0.15) is 0 Å². The molecule has 272 valence electrons. The molecular weight excluding hydrogens is 572 g/mol. The van der Waals surface area contributed by atoms with Crippen molar-refractivity contribution in [2.75, 3.05) is 0 Å². The van der Waals surface area contributed by atoms with Crippen LogP contribution in [0.25, 0.3) is 0 Å². The Bertz CT molecular complexity index is 934. The smallest absolute Gasteiger partial charge is 0.306 e. The molecule has 3 saturated carbocycles. The van der Waals surface area contributed by atoms with E-state index in [1.54, 1.807) is 5.57 Å². The van der Waals surface area contributed by atoms with Crippen LogP contribution in [0.3, 0.4) is 0 Å². The van der Waals surface area contributed by atoms with Crippen molar-refractivity contribution in [2.45, 2.75) is 221 Å². The fourth-order valence-corrected chi connectivity index (χ4v) is 11.6. The highest BCUT2D eigenvalue weighted by Crippen LogP contribution is 2.67. The van der Waals surface area contributed by atoms with Gasteiger partial charge in [-0.3, -0.25) is 4.79 Å². The second-order valence-electron chi connectivity index (χ2n) is 18.3. The Balaban J connectivity index is 1.10. The highest BCUT2D eigenvalue weighted by Gasteiger charge is 2.59. The molecule has 4 aliphatic carbocycles. The summed E-state index contributed by atoms with van der Waals surface area (Å²) in [5, 5.41) is 0. The second-order valence-corrected chi connectivity index (χ2v) is 18.3. The van der Waals surface area contributed by atoms with Gasteiger partial charge in [0.1, 0.15) is 6.10 Å². The maximum atomic E-state index is 12.8. The Morgan fingerprint density at radius 2 is 1.36 bits per heavy atom. The van der Waals surface area contributed by atoms with E-state index in [4.69, 9.17) is 4.74 Å². The zero-order valence-electron chi connectivity index (χ0n) is 32.5. The Labute approximate surface area is 293 Å². The van der Waals surface area contributed by atoms with Crippen molar-refractivity contribution < 1.29 is 9.53 Å². The average Bonchev–Trinajstić information content (AvgIpc) is 3.40. The molecule has 0 amide bonds. The van der Waals surface area contributed by atoms with Crippen molar-refractivity contribution in [1.82, 2.24) is 0 Å². The van der Waals surface area contributed by atoms with Gasteiger partial charge in [0.25, 0.3) is 0 Å². The summed E-state index contributed by atoms with van der Waals surface area (Å²) in [7, 11) is 0. The van der Waals surface area contributed by atoms with Crippen LogP contribution in [0.15, 0.2) is 11.6 Å². The van der Waals surface area contributed by atoms with Gasteiger partial charge < -0.3 is 4.74 Å². The molecule has 0 bridgehead atoms. The molecule has 8 atom stereocenters. The summed E-state index contributed by atoms with van der Waals surface area (Å²) in [6.45, 7) is 15.0. The average molecular weight is 653 g/mol. The Kier molecular flexibility index (Phi) is 16.2. The van der Waals surface area contributed by atoms with Crippen LogP contribution in [0.2, 0.25) is 0 Å². The molecule has 4 aliphatic rings. The molecule has 0 spiro atoms.